The average molecular weight is 507 g/mol. The summed E-state index contributed by atoms with van der Waals surface area (Å²) in [7, 11) is 3.87. The van der Waals surface area contributed by atoms with Crippen LogP contribution in [0.1, 0.15) is 21.5 Å². The molecule has 0 heterocycles. The predicted molar refractivity (Wildman–Crippen MR) is 134 cm³/mol. The van der Waals surface area contributed by atoms with Gasteiger partial charge in [0.15, 0.2) is 0 Å². The molecule has 3 rings (SSSR count). The minimum absolute atomic E-state index is 0.0357. The van der Waals surface area contributed by atoms with Gasteiger partial charge in [-0.25, -0.2) is 5.43 Å². The van der Waals surface area contributed by atoms with Gasteiger partial charge in [-0.2, -0.15) is 5.10 Å². The Bertz CT molecular complexity index is 1190. The minimum Gasteiger partial charge on any atom is -0.508 e. The standard InChI is InChI=1S/C25H23BrN4O3/c1-30(2)20-10-8-17(9-11-20)14-23(28-24(32)18-6-4-3-5-7-18)25(33)29-27-16-19-15-21(31)12-13-22(19)26/h3-16,31H,1-2H3,(H,28,32)(H,29,33)/b23-14+,27-16-. The highest BCUT2D eigenvalue weighted by molar-refractivity contribution is 9.10. The topological polar surface area (TPSA) is 94.0 Å². The lowest BCUT2D eigenvalue weighted by molar-refractivity contribution is -0.117. The van der Waals surface area contributed by atoms with E-state index in [2.05, 4.69) is 31.8 Å². The molecule has 0 unspecified atom stereocenters. The van der Waals surface area contributed by atoms with Gasteiger partial charge in [0.2, 0.25) is 0 Å². The second-order valence-corrected chi connectivity index (χ2v) is 8.12. The van der Waals surface area contributed by atoms with Crippen LogP contribution in [0, 0.1) is 0 Å². The Labute approximate surface area is 200 Å². The van der Waals surface area contributed by atoms with Crippen molar-refractivity contribution in [2.75, 3.05) is 19.0 Å². The van der Waals surface area contributed by atoms with E-state index >= 15 is 0 Å². The van der Waals surface area contributed by atoms with E-state index in [1.54, 1.807) is 42.5 Å². The number of rotatable bonds is 7. The maximum absolute atomic E-state index is 12.9. The van der Waals surface area contributed by atoms with Gasteiger partial charge in [0.25, 0.3) is 11.8 Å². The van der Waals surface area contributed by atoms with E-state index in [1.165, 1.54) is 18.3 Å². The normalized spacial score (nSPS) is 11.3. The highest BCUT2D eigenvalue weighted by atomic mass is 79.9. The van der Waals surface area contributed by atoms with Gasteiger partial charge in [-0.05, 0) is 54.1 Å². The molecule has 168 valence electrons. The number of nitrogens with zero attached hydrogens (tertiary/aromatic N) is 2. The Morgan fingerprint density at radius 3 is 2.36 bits per heavy atom. The molecule has 0 spiro atoms. The van der Waals surface area contributed by atoms with Crippen LogP contribution in [-0.4, -0.2) is 37.2 Å². The Kier molecular flexibility index (Phi) is 7.99. The largest absolute Gasteiger partial charge is 0.508 e. The molecule has 0 radical (unpaired) electrons. The first kappa shape index (κ1) is 23.7. The van der Waals surface area contributed by atoms with Crippen molar-refractivity contribution >= 4 is 45.7 Å². The van der Waals surface area contributed by atoms with Crippen LogP contribution >= 0.6 is 15.9 Å². The van der Waals surface area contributed by atoms with Gasteiger partial charge in [-0.15, -0.1) is 0 Å². The van der Waals surface area contributed by atoms with Gasteiger partial charge in [0.05, 0.1) is 6.21 Å². The zero-order valence-electron chi connectivity index (χ0n) is 18.1. The molecule has 0 aromatic heterocycles. The molecule has 0 atom stereocenters. The van der Waals surface area contributed by atoms with Gasteiger partial charge in [-0.3, -0.25) is 9.59 Å². The quantitative estimate of drug-likeness (QED) is 0.255. The van der Waals surface area contributed by atoms with E-state index < -0.39 is 11.8 Å². The molecule has 2 amide bonds. The lowest BCUT2D eigenvalue weighted by Gasteiger charge is -2.12. The van der Waals surface area contributed by atoms with Crippen molar-refractivity contribution in [1.82, 2.24) is 10.7 Å². The average Bonchev–Trinajstić information content (AvgIpc) is 2.81. The fraction of sp³-hybridized carbons (Fsp3) is 0.0800. The number of aromatic hydroxyl groups is 1. The van der Waals surface area contributed by atoms with Crippen molar-refractivity contribution in [3.8, 4) is 5.75 Å². The van der Waals surface area contributed by atoms with Crippen molar-refractivity contribution in [1.29, 1.82) is 0 Å². The van der Waals surface area contributed by atoms with Gasteiger partial charge >= 0.3 is 0 Å². The second kappa shape index (κ2) is 11.1. The number of hydrogen-bond acceptors (Lipinski definition) is 5. The number of anilines is 1. The Morgan fingerprint density at radius 2 is 1.70 bits per heavy atom. The summed E-state index contributed by atoms with van der Waals surface area (Å²) >= 11 is 3.36. The van der Waals surface area contributed by atoms with Crippen molar-refractivity contribution in [3.05, 3.63) is 99.7 Å². The van der Waals surface area contributed by atoms with Crippen LogP contribution < -0.4 is 15.6 Å². The fourth-order valence-corrected chi connectivity index (χ4v) is 3.18. The zero-order valence-corrected chi connectivity index (χ0v) is 19.7. The molecule has 0 saturated carbocycles. The third-order valence-corrected chi connectivity index (χ3v) is 5.32. The molecule has 3 aromatic carbocycles. The molecule has 0 bridgehead atoms. The lowest BCUT2D eigenvalue weighted by Crippen LogP contribution is -2.32. The third kappa shape index (κ3) is 6.78. The number of phenolic OH excluding ortho intramolecular Hbond substituents is 1. The zero-order chi connectivity index (χ0) is 23.8. The number of carbonyl (C=O) groups excluding carboxylic acids is 2. The van der Waals surface area contributed by atoms with Gasteiger partial charge < -0.3 is 15.3 Å². The molecule has 0 aliphatic carbocycles. The first-order valence-electron chi connectivity index (χ1n) is 10.0. The number of benzene rings is 3. The van der Waals surface area contributed by atoms with E-state index in [0.29, 0.717) is 15.6 Å². The Balaban J connectivity index is 1.83. The van der Waals surface area contributed by atoms with E-state index in [9.17, 15) is 14.7 Å². The highest BCUT2D eigenvalue weighted by Crippen LogP contribution is 2.20. The van der Waals surface area contributed by atoms with E-state index in [-0.39, 0.29) is 11.4 Å². The summed E-state index contributed by atoms with van der Waals surface area (Å²) < 4.78 is 0.701. The van der Waals surface area contributed by atoms with Crippen LogP contribution in [0.25, 0.3) is 6.08 Å². The monoisotopic (exact) mass is 506 g/mol. The SMILES string of the molecule is CN(C)c1ccc(/C=C(/NC(=O)c2ccccc2)C(=O)N/N=C\c2cc(O)ccc2Br)cc1. The van der Waals surface area contributed by atoms with Crippen LogP contribution in [0.15, 0.2) is 88.1 Å². The molecule has 0 saturated heterocycles. The van der Waals surface area contributed by atoms with Crippen LogP contribution in [0.5, 0.6) is 5.75 Å². The fourth-order valence-electron chi connectivity index (χ4n) is 2.83. The van der Waals surface area contributed by atoms with E-state index in [1.807, 2.05) is 43.3 Å². The highest BCUT2D eigenvalue weighted by Gasteiger charge is 2.14. The molecule has 3 N–H and O–H groups in total. The molecule has 3 aromatic rings. The van der Waals surface area contributed by atoms with Gasteiger partial charge in [0, 0.05) is 35.4 Å². The van der Waals surface area contributed by atoms with E-state index in [0.717, 1.165) is 11.3 Å². The summed E-state index contributed by atoms with van der Waals surface area (Å²) in [5.74, 6) is -0.937. The molecule has 33 heavy (non-hydrogen) atoms. The lowest BCUT2D eigenvalue weighted by atomic mass is 10.1. The molecular formula is C25H23BrN4O3. The summed E-state index contributed by atoms with van der Waals surface area (Å²) in [6, 6.07) is 20.8. The first-order valence-corrected chi connectivity index (χ1v) is 10.8. The molecule has 8 heteroatoms. The van der Waals surface area contributed by atoms with Gasteiger partial charge in [-0.1, -0.05) is 46.3 Å². The van der Waals surface area contributed by atoms with Crippen LogP contribution in [0.2, 0.25) is 0 Å². The molecular weight excluding hydrogens is 484 g/mol. The first-order chi connectivity index (χ1) is 15.8. The number of halogens is 1. The summed E-state index contributed by atoms with van der Waals surface area (Å²) in [6.07, 6.45) is 2.97. The smallest absolute Gasteiger partial charge is 0.287 e. The van der Waals surface area contributed by atoms with Gasteiger partial charge in [0.1, 0.15) is 11.4 Å². The van der Waals surface area contributed by atoms with Crippen LogP contribution in [0.3, 0.4) is 0 Å². The molecule has 0 aliphatic heterocycles. The minimum atomic E-state index is -0.594. The number of amides is 2. The van der Waals surface area contributed by atoms with E-state index in [4.69, 9.17) is 0 Å². The van der Waals surface area contributed by atoms with Crippen molar-refractivity contribution in [2.24, 2.45) is 5.10 Å². The summed E-state index contributed by atoms with van der Waals surface area (Å²) in [5, 5.41) is 16.3. The Morgan fingerprint density at radius 1 is 1.00 bits per heavy atom. The summed E-state index contributed by atoms with van der Waals surface area (Å²) in [6.45, 7) is 0. The predicted octanol–water partition coefficient (Wildman–Crippen LogP) is 4.14. The molecule has 0 aliphatic rings. The van der Waals surface area contributed by atoms with Crippen molar-refractivity contribution in [2.45, 2.75) is 0 Å². The van der Waals surface area contributed by atoms with Crippen molar-refractivity contribution < 1.29 is 14.7 Å². The summed E-state index contributed by atoms with van der Waals surface area (Å²) in [4.78, 5) is 27.5. The summed E-state index contributed by atoms with van der Waals surface area (Å²) in [5.41, 5.74) is 5.20. The second-order valence-electron chi connectivity index (χ2n) is 7.27. The van der Waals surface area contributed by atoms with Crippen LogP contribution in [-0.2, 0) is 4.79 Å². The number of nitrogens with one attached hydrogen (secondary N) is 2. The number of carbonyl (C=O) groups is 2. The maximum atomic E-state index is 12.9. The maximum Gasteiger partial charge on any atom is 0.287 e. The molecule has 0 fully saturated rings. The third-order valence-electron chi connectivity index (χ3n) is 4.60. The number of hydrazone groups is 1. The van der Waals surface area contributed by atoms with Crippen LogP contribution in [0.4, 0.5) is 5.69 Å². The Hall–Kier alpha value is -3.91. The number of hydrogen-bond donors (Lipinski definition) is 3. The molecule has 7 nitrogen and oxygen atoms in total. The van der Waals surface area contributed by atoms with Crippen molar-refractivity contribution in [3.63, 3.8) is 0 Å². The number of phenols is 1.